The van der Waals surface area contributed by atoms with E-state index in [4.69, 9.17) is 19.9 Å². The van der Waals surface area contributed by atoms with Crippen molar-refractivity contribution >= 4 is 33.1 Å². The molecule has 0 amide bonds. The third-order valence-corrected chi connectivity index (χ3v) is 12.0. The third-order valence-electron chi connectivity index (χ3n) is 12.0. The topological polar surface area (TPSA) is 61.4 Å². The minimum Gasteiger partial charge on any atom is -0.292 e. The molecule has 0 unspecified atom stereocenters. The summed E-state index contributed by atoms with van der Waals surface area (Å²) in [5, 5.41) is 0. The van der Waals surface area contributed by atoms with Gasteiger partial charge in [-0.3, -0.25) is 9.13 Å². The number of hydrogen-bond donors (Lipinski definition) is 0. The Kier molecular flexibility index (Phi) is 9.05. The predicted octanol–water partition coefficient (Wildman–Crippen LogP) is 14.3. The molecular formula is C58H38N6. The first-order valence-corrected chi connectivity index (χ1v) is 21.5. The van der Waals surface area contributed by atoms with E-state index in [0.717, 1.165) is 112 Å². The van der Waals surface area contributed by atoms with Crippen LogP contribution in [0.25, 0.3) is 112 Å². The molecular weight excluding hydrogens is 781 g/mol. The molecule has 6 nitrogen and oxygen atoms in total. The van der Waals surface area contributed by atoms with E-state index < -0.39 is 0 Å². The summed E-state index contributed by atoms with van der Waals surface area (Å²) in [5.74, 6) is 1.80. The van der Waals surface area contributed by atoms with E-state index in [0.29, 0.717) is 0 Å². The minimum absolute atomic E-state index is 0.828. The van der Waals surface area contributed by atoms with Crippen molar-refractivity contribution in [2.24, 2.45) is 0 Å². The monoisotopic (exact) mass is 818 g/mol. The molecule has 9 aromatic carbocycles. The number of aromatic nitrogens is 6. The molecule has 0 spiro atoms. The number of para-hydroxylation sites is 8. The van der Waals surface area contributed by atoms with Gasteiger partial charge in [0, 0.05) is 33.6 Å². The highest BCUT2D eigenvalue weighted by atomic mass is 15.1. The fraction of sp³-hybridized carbons (Fsp3) is 0. The normalized spacial score (nSPS) is 11.4. The molecule has 64 heavy (non-hydrogen) atoms. The smallest absolute Gasteiger partial charge is 0.146 e. The highest BCUT2D eigenvalue weighted by Gasteiger charge is 2.21. The Labute approximate surface area is 370 Å². The van der Waals surface area contributed by atoms with Gasteiger partial charge in [-0.25, -0.2) is 19.9 Å². The Bertz CT molecular complexity index is 3400. The summed E-state index contributed by atoms with van der Waals surface area (Å²) in [7, 11) is 0. The van der Waals surface area contributed by atoms with Crippen molar-refractivity contribution in [3.05, 3.63) is 231 Å². The lowest BCUT2D eigenvalue weighted by Crippen LogP contribution is -1.99. The Morgan fingerprint density at radius 3 is 0.953 bits per heavy atom. The van der Waals surface area contributed by atoms with Gasteiger partial charge < -0.3 is 0 Å². The maximum atomic E-state index is 5.27. The summed E-state index contributed by atoms with van der Waals surface area (Å²) in [6.07, 6.45) is 0. The van der Waals surface area contributed by atoms with E-state index in [1.54, 1.807) is 0 Å². The van der Waals surface area contributed by atoms with Crippen LogP contribution in [-0.2, 0) is 0 Å². The summed E-state index contributed by atoms with van der Waals surface area (Å²) in [4.78, 5) is 20.9. The van der Waals surface area contributed by atoms with Crippen molar-refractivity contribution < 1.29 is 0 Å². The Morgan fingerprint density at radius 1 is 0.234 bits per heavy atom. The van der Waals surface area contributed by atoms with Crippen molar-refractivity contribution in [2.75, 3.05) is 0 Å². The first-order valence-electron chi connectivity index (χ1n) is 21.5. The van der Waals surface area contributed by atoms with Crippen LogP contribution >= 0.6 is 0 Å². The van der Waals surface area contributed by atoms with Crippen LogP contribution in [0.15, 0.2) is 231 Å². The summed E-state index contributed by atoms with van der Waals surface area (Å²) < 4.78 is 4.51. The quantitative estimate of drug-likeness (QED) is 0.153. The van der Waals surface area contributed by atoms with Gasteiger partial charge >= 0.3 is 0 Å². The zero-order valence-corrected chi connectivity index (χ0v) is 34.6. The number of benzene rings is 9. The SMILES string of the molecule is c1ccc(-n2c(-c3ccccc3-c3ccc(-c4nc5ccccc5nc4-c4ccc(-c5ccccc5-c5nc6ccccc6n5-c5ccccc5)cc4)cc3)nc3ccccc32)cc1. The van der Waals surface area contributed by atoms with E-state index in [1.165, 1.54) is 0 Å². The molecule has 0 radical (unpaired) electrons. The first kappa shape index (κ1) is 37.1. The van der Waals surface area contributed by atoms with Gasteiger partial charge in [-0.1, -0.05) is 170 Å². The molecule has 0 aliphatic rings. The molecule has 3 heterocycles. The maximum absolute atomic E-state index is 5.27. The second-order valence-corrected chi connectivity index (χ2v) is 15.8. The Morgan fingerprint density at radius 2 is 0.547 bits per heavy atom. The molecule has 12 aromatic rings. The van der Waals surface area contributed by atoms with E-state index >= 15 is 0 Å². The Balaban J connectivity index is 0.932. The van der Waals surface area contributed by atoms with E-state index in [9.17, 15) is 0 Å². The highest BCUT2D eigenvalue weighted by Crippen LogP contribution is 2.40. The minimum atomic E-state index is 0.828. The summed E-state index contributed by atoms with van der Waals surface area (Å²) in [5.41, 5.74) is 18.0. The van der Waals surface area contributed by atoms with Crippen LogP contribution in [-0.4, -0.2) is 29.1 Å². The molecule has 0 atom stereocenters. The maximum Gasteiger partial charge on any atom is 0.146 e. The Hall–Kier alpha value is -8.74. The molecule has 3 aromatic heterocycles. The lowest BCUT2D eigenvalue weighted by molar-refractivity contribution is 1.10. The average Bonchev–Trinajstić information content (AvgIpc) is 3.96. The van der Waals surface area contributed by atoms with Crippen molar-refractivity contribution in [1.82, 2.24) is 29.1 Å². The molecule has 6 heteroatoms. The zero-order valence-electron chi connectivity index (χ0n) is 34.6. The van der Waals surface area contributed by atoms with Gasteiger partial charge in [0.05, 0.1) is 44.5 Å². The molecule has 0 aliphatic carbocycles. The summed E-state index contributed by atoms with van der Waals surface area (Å²) in [6.45, 7) is 0. The molecule has 0 bridgehead atoms. The van der Waals surface area contributed by atoms with Gasteiger partial charge in [0.25, 0.3) is 0 Å². The number of imidazole rings is 2. The van der Waals surface area contributed by atoms with Gasteiger partial charge in [0.15, 0.2) is 0 Å². The van der Waals surface area contributed by atoms with Crippen LogP contribution < -0.4 is 0 Å². The summed E-state index contributed by atoms with van der Waals surface area (Å²) >= 11 is 0. The first-order chi connectivity index (χ1) is 31.7. The average molecular weight is 819 g/mol. The molecule has 0 saturated heterocycles. The number of rotatable bonds is 8. The van der Waals surface area contributed by atoms with Gasteiger partial charge in [-0.05, 0) is 82.9 Å². The second kappa shape index (κ2) is 15.6. The largest absolute Gasteiger partial charge is 0.292 e. The number of hydrogen-bond acceptors (Lipinski definition) is 4. The summed E-state index contributed by atoms with van der Waals surface area (Å²) in [6, 6.07) is 80.1. The van der Waals surface area contributed by atoms with Gasteiger partial charge in [0.2, 0.25) is 0 Å². The second-order valence-electron chi connectivity index (χ2n) is 15.8. The van der Waals surface area contributed by atoms with Crippen LogP contribution in [0.4, 0.5) is 0 Å². The molecule has 0 aliphatic heterocycles. The zero-order chi connectivity index (χ0) is 42.4. The molecule has 0 fully saturated rings. The molecule has 0 saturated carbocycles. The van der Waals surface area contributed by atoms with Crippen molar-refractivity contribution in [3.63, 3.8) is 0 Å². The van der Waals surface area contributed by atoms with Gasteiger partial charge in [-0.15, -0.1) is 0 Å². The lowest BCUT2D eigenvalue weighted by Gasteiger charge is -2.15. The van der Waals surface area contributed by atoms with Crippen LogP contribution in [0.1, 0.15) is 0 Å². The number of fused-ring (bicyclic) bond motifs is 3. The van der Waals surface area contributed by atoms with Crippen LogP contribution in [0.2, 0.25) is 0 Å². The van der Waals surface area contributed by atoms with Crippen LogP contribution in [0.5, 0.6) is 0 Å². The van der Waals surface area contributed by atoms with E-state index in [-0.39, 0.29) is 0 Å². The predicted molar refractivity (Wildman–Crippen MR) is 261 cm³/mol. The molecule has 0 N–H and O–H groups in total. The van der Waals surface area contributed by atoms with Crippen molar-refractivity contribution in [1.29, 1.82) is 0 Å². The molecule has 12 rings (SSSR count). The van der Waals surface area contributed by atoms with Crippen molar-refractivity contribution in [3.8, 4) is 78.9 Å². The number of nitrogens with zero attached hydrogens (tertiary/aromatic N) is 6. The highest BCUT2D eigenvalue weighted by molar-refractivity contribution is 5.92. The third kappa shape index (κ3) is 6.44. The van der Waals surface area contributed by atoms with Gasteiger partial charge in [0.1, 0.15) is 11.6 Å². The van der Waals surface area contributed by atoms with Gasteiger partial charge in [-0.2, -0.15) is 0 Å². The lowest BCUT2D eigenvalue weighted by atomic mass is 9.95. The van der Waals surface area contributed by atoms with Crippen LogP contribution in [0, 0.1) is 0 Å². The van der Waals surface area contributed by atoms with Crippen LogP contribution in [0.3, 0.4) is 0 Å². The molecule has 300 valence electrons. The van der Waals surface area contributed by atoms with E-state index in [2.05, 4.69) is 191 Å². The van der Waals surface area contributed by atoms with E-state index in [1.807, 2.05) is 48.5 Å². The fourth-order valence-electron chi connectivity index (χ4n) is 8.97. The van der Waals surface area contributed by atoms with Crippen molar-refractivity contribution in [2.45, 2.75) is 0 Å². The standard InChI is InChI=1S/C58H38N6/c1-3-17-43(18-4-1)63-53-29-15-13-27-51(53)61-57(63)47-23-9-7-21-45(47)39-31-35-41(36-32-39)55-56(60-50-26-12-11-25-49(50)59-55)42-37-33-40(34-38-42)46-22-8-10-24-48(46)58-62-52-28-14-16-30-54(52)64(58)44-19-5-2-6-20-44/h1-38H. The fourth-order valence-corrected chi connectivity index (χ4v) is 8.97.